The van der Waals surface area contributed by atoms with Gasteiger partial charge in [0.05, 0.1) is 0 Å². The van der Waals surface area contributed by atoms with E-state index in [9.17, 15) is 0 Å². The van der Waals surface area contributed by atoms with Crippen LogP contribution in [0.25, 0.3) is 11.1 Å². The summed E-state index contributed by atoms with van der Waals surface area (Å²) in [6.45, 7) is 2.20. The summed E-state index contributed by atoms with van der Waals surface area (Å²) in [4.78, 5) is 0. The van der Waals surface area contributed by atoms with Crippen LogP contribution >= 0.6 is 0 Å². The molecule has 0 spiro atoms. The summed E-state index contributed by atoms with van der Waals surface area (Å²) in [6, 6.07) is 19.8. The number of hydrogen-bond acceptors (Lipinski definition) is 0. The topological polar surface area (TPSA) is 7.76 Å². The number of rotatable bonds is 12. The summed E-state index contributed by atoms with van der Waals surface area (Å²) in [5.41, 5.74) is 4.02. The van der Waals surface area contributed by atoms with Crippen LogP contribution in [0.1, 0.15) is 69.8 Å². The minimum Gasteiger partial charge on any atom is -0.205 e. The second kappa shape index (κ2) is 12.5. The van der Waals surface area contributed by atoms with Crippen molar-refractivity contribution in [2.24, 2.45) is 5.92 Å². The highest BCUT2D eigenvalue weighted by Crippen LogP contribution is 2.29. The largest absolute Gasteiger partial charge is 0.205 e. The van der Waals surface area contributed by atoms with Gasteiger partial charge in [-0.1, -0.05) is 75.3 Å². The Morgan fingerprint density at radius 2 is 1.16 bits per heavy atom. The molecule has 1 aromatic carbocycles. The Bertz CT molecular complexity index is 894. The van der Waals surface area contributed by atoms with Gasteiger partial charge in [-0.3, -0.25) is 0 Å². The van der Waals surface area contributed by atoms with Crippen LogP contribution in [0.5, 0.6) is 0 Å². The lowest BCUT2D eigenvalue weighted by Crippen LogP contribution is -2.33. The van der Waals surface area contributed by atoms with Crippen molar-refractivity contribution in [3.63, 3.8) is 0 Å². The van der Waals surface area contributed by atoms with Crippen molar-refractivity contribution in [1.29, 1.82) is 0 Å². The van der Waals surface area contributed by atoms with Gasteiger partial charge in [0.15, 0.2) is 24.8 Å². The molecule has 2 nitrogen and oxygen atoms in total. The van der Waals surface area contributed by atoms with Gasteiger partial charge in [-0.2, -0.15) is 0 Å². The lowest BCUT2D eigenvalue weighted by Gasteiger charge is -2.07. The molecule has 0 aliphatic heterocycles. The first-order valence-electron chi connectivity index (χ1n) is 12.9. The van der Waals surface area contributed by atoms with E-state index in [2.05, 4.69) is 88.5 Å². The molecule has 0 radical (unpaired) electrons. The van der Waals surface area contributed by atoms with Crippen molar-refractivity contribution in [3.8, 4) is 11.1 Å². The Morgan fingerprint density at radius 1 is 0.594 bits per heavy atom. The smallest absolute Gasteiger partial charge is 0.169 e. The maximum atomic E-state index is 2.34. The minimum absolute atomic E-state index is 1.05. The van der Waals surface area contributed by atoms with Gasteiger partial charge in [0, 0.05) is 37.1 Å². The number of nitrogens with zero attached hydrogens (tertiary/aromatic N) is 2. The van der Waals surface area contributed by atoms with Gasteiger partial charge >= 0.3 is 0 Å². The van der Waals surface area contributed by atoms with Gasteiger partial charge in [0.2, 0.25) is 0 Å². The van der Waals surface area contributed by atoms with Gasteiger partial charge in [-0.25, -0.2) is 9.13 Å². The third-order valence-electron chi connectivity index (χ3n) is 7.09. The summed E-state index contributed by atoms with van der Waals surface area (Å²) >= 11 is 0. The van der Waals surface area contributed by atoms with Gasteiger partial charge in [-0.15, -0.1) is 0 Å². The van der Waals surface area contributed by atoms with Crippen LogP contribution in [-0.2, 0) is 19.5 Å². The first kappa shape index (κ1) is 22.7. The van der Waals surface area contributed by atoms with E-state index in [1.807, 2.05) is 0 Å². The normalized spacial score (nSPS) is 14.1. The quantitative estimate of drug-likeness (QED) is 0.224. The maximum Gasteiger partial charge on any atom is 0.169 e. The van der Waals surface area contributed by atoms with Crippen LogP contribution in [-0.4, -0.2) is 0 Å². The molecule has 1 saturated carbocycles. The molecular formula is C30H40N2+2. The molecule has 0 saturated heterocycles. The molecule has 1 aliphatic rings. The van der Waals surface area contributed by atoms with Crippen molar-refractivity contribution in [1.82, 2.24) is 0 Å². The Morgan fingerprint density at radius 3 is 1.78 bits per heavy atom. The van der Waals surface area contributed by atoms with Crippen molar-refractivity contribution in [3.05, 3.63) is 84.9 Å². The average Bonchev–Trinajstić information content (AvgIpc) is 3.37. The molecule has 0 N–H and O–H groups in total. The van der Waals surface area contributed by atoms with E-state index in [0.717, 1.165) is 25.4 Å². The number of pyridine rings is 2. The van der Waals surface area contributed by atoms with Crippen molar-refractivity contribution in [2.45, 2.75) is 83.7 Å². The molecule has 2 heterocycles. The maximum absolute atomic E-state index is 2.34. The summed E-state index contributed by atoms with van der Waals surface area (Å²) in [5, 5.41) is 0. The molecule has 1 aliphatic carbocycles. The minimum atomic E-state index is 1.05. The van der Waals surface area contributed by atoms with Gasteiger partial charge < -0.3 is 0 Å². The summed E-state index contributed by atoms with van der Waals surface area (Å²) in [5.74, 6) is 1.05. The fourth-order valence-electron chi connectivity index (χ4n) is 5.09. The predicted octanol–water partition coefficient (Wildman–Crippen LogP) is 6.70. The molecule has 2 heteroatoms. The first-order valence-corrected chi connectivity index (χ1v) is 12.9. The molecule has 0 unspecified atom stereocenters. The van der Waals surface area contributed by atoms with Crippen LogP contribution in [0.15, 0.2) is 79.4 Å². The number of aryl methyl sites for hydroxylation is 3. The second-order valence-corrected chi connectivity index (χ2v) is 9.59. The van der Waals surface area contributed by atoms with Crippen molar-refractivity contribution >= 4 is 0 Å². The molecule has 168 valence electrons. The monoisotopic (exact) mass is 428 g/mol. The van der Waals surface area contributed by atoms with E-state index in [-0.39, 0.29) is 0 Å². The predicted molar refractivity (Wildman–Crippen MR) is 132 cm³/mol. The fraction of sp³-hybridized carbons (Fsp3) is 0.467. The van der Waals surface area contributed by atoms with Crippen LogP contribution in [0, 0.1) is 5.92 Å². The molecular weight excluding hydrogens is 388 g/mol. The number of benzene rings is 1. The average molecular weight is 429 g/mol. The zero-order valence-corrected chi connectivity index (χ0v) is 19.7. The van der Waals surface area contributed by atoms with Crippen molar-refractivity contribution < 1.29 is 9.13 Å². The molecule has 1 fully saturated rings. The molecule has 32 heavy (non-hydrogen) atoms. The van der Waals surface area contributed by atoms with E-state index >= 15 is 0 Å². The summed E-state index contributed by atoms with van der Waals surface area (Å²) in [7, 11) is 0. The van der Waals surface area contributed by atoms with E-state index in [4.69, 9.17) is 0 Å². The molecule has 4 rings (SSSR count). The van der Waals surface area contributed by atoms with E-state index in [1.165, 1.54) is 80.9 Å². The fourth-order valence-corrected chi connectivity index (χ4v) is 5.09. The Kier molecular flexibility index (Phi) is 8.89. The molecule has 0 atom stereocenters. The summed E-state index contributed by atoms with van der Waals surface area (Å²) < 4.78 is 4.63. The number of hydrogen-bond donors (Lipinski definition) is 0. The first-order chi connectivity index (χ1) is 15.9. The zero-order chi connectivity index (χ0) is 21.8. The van der Waals surface area contributed by atoms with Gasteiger partial charge in [-0.05, 0) is 35.4 Å². The molecule has 0 bridgehead atoms. The lowest BCUT2D eigenvalue weighted by molar-refractivity contribution is -0.697. The zero-order valence-electron chi connectivity index (χ0n) is 19.7. The third-order valence-corrected chi connectivity index (χ3v) is 7.09. The highest BCUT2D eigenvalue weighted by molar-refractivity contribution is 5.60. The van der Waals surface area contributed by atoms with Crippen LogP contribution < -0.4 is 9.13 Å². The molecule has 3 aromatic rings. The SMILES string of the molecule is c1ccc(CCC[n+]2ccc(-c3cc[n+](CCCCCCC4CCCC4)cc3)cc2)cc1. The number of aromatic nitrogens is 2. The lowest BCUT2D eigenvalue weighted by atomic mass is 9.99. The third kappa shape index (κ3) is 7.29. The molecule has 2 aromatic heterocycles. The van der Waals surface area contributed by atoms with Crippen LogP contribution in [0.2, 0.25) is 0 Å². The highest BCUT2D eigenvalue weighted by Gasteiger charge is 2.14. The van der Waals surface area contributed by atoms with Crippen LogP contribution in [0.4, 0.5) is 0 Å². The van der Waals surface area contributed by atoms with Crippen molar-refractivity contribution in [2.75, 3.05) is 0 Å². The summed E-state index contributed by atoms with van der Waals surface area (Å²) in [6.07, 6.45) is 24.2. The number of unbranched alkanes of at least 4 members (excludes halogenated alkanes) is 3. The Balaban J connectivity index is 1.15. The van der Waals surface area contributed by atoms with Gasteiger partial charge in [0.1, 0.15) is 13.1 Å². The van der Waals surface area contributed by atoms with E-state index in [0.29, 0.717) is 0 Å². The van der Waals surface area contributed by atoms with E-state index in [1.54, 1.807) is 0 Å². The Labute approximate surface area is 195 Å². The Hall–Kier alpha value is -2.48. The van der Waals surface area contributed by atoms with Crippen LogP contribution in [0.3, 0.4) is 0 Å². The highest BCUT2D eigenvalue weighted by atomic mass is 14.9. The second-order valence-electron chi connectivity index (χ2n) is 9.59. The molecule has 0 amide bonds. The van der Waals surface area contributed by atoms with Gasteiger partial charge in [0.25, 0.3) is 0 Å². The standard InChI is InChI=1S/C30H40N2/c1(4-11-27-14-7-8-15-27)2-9-21-31-23-17-29(18-24-31)30-19-25-32(26-20-30)22-10-16-28-12-5-3-6-13-28/h3,5-6,12-13,17-20,23-27H,1-2,4,7-11,14-16,21-22H2/q+2. The van der Waals surface area contributed by atoms with E-state index < -0.39 is 0 Å².